The first kappa shape index (κ1) is 26.9. The quantitative estimate of drug-likeness (QED) is 0.335. The van der Waals surface area contributed by atoms with E-state index in [0.717, 1.165) is 68.3 Å². The van der Waals surface area contributed by atoms with E-state index in [2.05, 4.69) is 35.9 Å². The predicted octanol–water partition coefficient (Wildman–Crippen LogP) is 4.20. The average Bonchev–Trinajstić information content (AvgIpc) is 3.25. The molecule has 0 radical (unpaired) electrons. The molecule has 4 aliphatic rings. The first-order valence-corrected chi connectivity index (χ1v) is 15.2. The molecule has 1 fully saturated rings. The molecule has 38 heavy (non-hydrogen) atoms. The summed E-state index contributed by atoms with van der Waals surface area (Å²) in [6.45, 7) is 8.18. The van der Waals surface area contributed by atoms with Crippen LogP contribution in [0.5, 0.6) is 0 Å². The largest absolute Gasteiger partial charge is 0.379 e. The summed E-state index contributed by atoms with van der Waals surface area (Å²) in [6.07, 6.45) is 8.58. The number of hydrogen-bond acceptors (Lipinski definition) is 5. The van der Waals surface area contributed by atoms with E-state index >= 15 is 0 Å². The molecule has 0 spiro atoms. The molecule has 7 nitrogen and oxygen atoms in total. The lowest BCUT2D eigenvalue weighted by atomic mass is 9.98. The molecule has 3 heterocycles. The third kappa shape index (κ3) is 5.83. The minimum absolute atomic E-state index is 0.305. The number of hydrogen-bond donors (Lipinski definition) is 0. The molecule has 6 rings (SSSR count). The number of terminal acetylenes is 1. The summed E-state index contributed by atoms with van der Waals surface area (Å²) in [5.74, 6) is 2.69. The van der Waals surface area contributed by atoms with Gasteiger partial charge in [0.25, 0.3) is 0 Å². The van der Waals surface area contributed by atoms with Crippen LogP contribution in [0.15, 0.2) is 36.4 Å². The topological polar surface area (TPSA) is 67.7 Å². The molecule has 1 aromatic carbocycles. The van der Waals surface area contributed by atoms with Crippen LogP contribution in [0.25, 0.3) is 22.4 Å². The lowest BCUT2D eigenvalue weighted by molar-refractivity contribution is 0.0368. The molecule has 2 aliphatic carbocycles. The second-order valence-electron chi connectivity index (χ2n) is 9.96. The van der Waals surface area contributed by atoms with E-state index in [9.17, 15) is 8.42 Å². The Labute approximate surface area is 230 Å². The number of fused-ring (bicyclic) bond motifs is 2. The van der Waals surface area contributed by atoms with Gasteiger partial charge in [-0.3, -0.25) is 9.58 Å². The van der Waals surface area contributed by atoms with Gasteiger partial charge in [-0.2, -0.15) is 9.40 Å². The molecule has 2 aromatic rings. The Morgan fingerprint density at radius 3 is 2.45 bits per heavy atom. The second kappa shape index (κ2) is 11.2. The van der Waals surface area contributed by atoms with Gasteiger partial charge in [0.2, 0.25) is 10.0 Å². The predicted molar refractivity (Wildman–Crippen MR) is 152 cm³/mol. The van der Waals surface area contributed by atoms with Crippen LogP contribution in [0.4, 0.5) is 0 Å². The highest BCUT2D eigenvalue weighted by molar-refractivity contribution is 7.88. The highest BCUT2D eigenvalue weighted by Gasteiger charge is 2.30. The van der Waals surface area contributed by atoms with E-state index in [1.165, 1.54) is 27.3 Å². The van der Waals surface area contributed by atoms with E-state index in [-0.39, 0.29) is 0 Å². The Balaban J connectivity index is 0.000000358. The number of sulfonamides is 1. The van der Waals surface area contributed by atoms with Crippen molar-refractivity contribution in [3.8, 4) is 34.7 Å². The van der Waals surface area contributed by atoms with Crippen LogP contribution < -0.4 is 0 Å². The number of rotatable bonds is 6. The normalized spacial score (nSPS) is 16.8. The van der Waals surface area contributed by atoms with Crippen molar-refractivity contribution >= 4 is 21.6 Å². The van der Waals surface area contributed by atoms with E-state index in [1.54, 1.807) is 12.1 Å². The SMILES string of the molecule is C#Cc1cc(Cl)ccc1-c1nn(CCCN2CCOCC2)c2c1CN(S(C)(=O)=O)CC2.Cc1c2cccc1-2. The van der Waals surface area contributed by atoms with Crippen LogP contribution in [-0.4, -0.2) is 73.1 Å². The van der Waals surface area contributed by atoms with Gasteiger partial charge in [-0.25, -0.2) is 8.42 Å². The summed E-state index contributed by atoms with van der Waals surface area (Å²) >= 11 is 6.13. The molecule has 0 saturated carbocycles. The molecule has 0 N–H and O–H groups in total. The number of ether oxygens (including phenoxy) is 1. The maximum Gasteiger partial charge on any atom is 0.211 e. The number of aryl methyl sites for hydroxylation is 2. The Morgan fingerprint density at radius 1 is 1.08 bits per heavy atom. The Morgan fingerprint density at radius 2 is 1.82 bits per heavy atom. The summed E-state index contributed by atoms with van der Waals surface area (Å²) in [4.78, 5) is 2.40. The summed E-state index contributed by atoms with van der Waals surface area (Å²) in [5, 5.41) is 5.48. The van der Waals surface area contributed by atoms with Crippen molar-refractivity contribution in [1.29, 1.82) is 0 Å². The van der Waals surface area contributed by atoms with Gasteiger partial charge in [-0.15, -0.1) is 6.42 Å². The van der Waals surface area contributed by atoms with Crippen molar-refractivity contribution in [2.75, 3.05) is 45.6 Å². The fraction of sp³-hybridized carbons (Fsp3) is 0.414. The lowest BCUT2D eigenvalue weighted by Gasteiger charge is -2.27. The minimum Gasteiger partial charge on any atom is -0.379 e. The standard InChI is InChI=1S/C22H27ClN4O3S.C7H6/c1-3-17-15-18(23)5-6-19(17)22-20-16-26(31(2,28)29)10-7-21(20)27(24-22)9-4-8-25-11-13-30-14-12-25;1-5-6-3-2-4-7(5)6/h1,5-6,15H,4,7-14,16H2,2H3;2-4H,1H3. The van der Waals surface area contributed by atoms with E-state index in [0.29, 0.717) is 30.1 Å². The molecular weight excluding hydrogens is 520 g/mol. The number of nitrogens with zero attached hydrogens (tertiary/aromatic N) is 4. The zero-order valence-electron chi connectivity index (χ0n) is 21.9. The molecule has 0 bridgehead atoms. The maximum atomic E-state index is 12.2. The molecule has 0 amide bonds. The highest BCUT2D eigenvalue weighted by atomic mass is 35.5. The third-order valence-electron chi connectivity index (χ3n) is 7.47. The summed E-state index contributed by atoms with van der Waals surface area (Å²) < 4.78 is 33.4. The van der Waals surface area contributed by atoms with Crippen LogP contribution in [0.1, 0.15) is 28.8 Å². The van der Waals surface area contributed by atoms with Crippen molar-refractivity contribution < 1.29 is 13.2 Å². The Kier molecular flexibility index (Phi) is 7.94. The number of morpholine rings is 1. The monoisotopic (exact) mass is 552 g/mol. The molecule has 2 aliphatic heterocycles. The van der Waals surface area contributed by atoms with Crippen LogP contribution in [0.2, 0.25) is 5.02 Å². The maximum absolute atomic E-state index is 12.2. The molecule has 1 aromatic heterocycles. The smallest absolute Gasteiger partial charge is 0.211 e. The summed E-state index contributed by atoms with van der Waals surface area (Å²) in [6, 6.07) is 11.8. The zero-order chi connectivity index (χ0) is 26.9. The molecule has 0 atom stereocenters. The van der Waals surface area contributed by atoms with Gasteiger partial charge in [0, 0.05) is 73.1 Å². The molecule has 0 unspecified atom stereocenters. The number of halogens is 1. The van der Waals surface area contributed by atoms with Crippen molar-refractivity contribution in [3.05, 3.63) is 63.8 Å². The Hall–Kier alpha value is -2.67. The number of aromatic nitrogens is 2. The van der Waals surface area contributed by atoms with Crippen LogP contribution in [0, 0.1) is 19.3 Å². The molecule has 1 saturated heterocycles. The molecule has 9 heteroatoms. The van der Waals surface area contributed by atoms with Gasteiger partial charge in [-0.1, -0.05) is 35.7 Å². The lowest BCUT2D eigenvalue weighted by Crippen LogP contribution is -2.37. The van der Waals surface area contributed by atoms with Gasteiger partial charge < -0.3 is 4.74 Å². The van der Waals surface area contributed by atoms with Crippen LogP contribution in [0.3, 0.4) is 0 Å². The van der Waals surface area contributed by atoms with Crippen LogP contribution in [-0.2, 0) is 34.3 Å². The Bertz CT molecular complexity index is 1470. The second-order valence-corrected chi connectivity index (χ2v) is 12.4. The zero-order valence-corrected chi connectivity index (χ0v) is 23.5. The fourth-order valence-corrected chi connectivity index (χ4v) is 6.21. The van der Waals surface area contributed by atoms with Gasteiger partial charge in [-0.05, 0) is 48.2 Å². The van der Waals surface area contributed by atoms with Crippen molar-refractivity contribution in [3.63, 3.8) is 0 Å². The van der Waals surface area contributed by atoms with Gasteiger partial charge >= 0.3 is 0 Å². The minimum atomic E-state index is -3.30. The molecular formula is C29H33ClN4O3S. The van der Waals surface area contributed by atoms with Gasteiger partial charge in [0.1, 0.15) is 0 Å². The number of benzene rings is 2. The van der Waals surface area contributed by atoms with Crippen molar-refractivity contribution in [2.45, 2.75) is 32.9 Å². The van der Waals surface area contributed by atoms with E-state index in [4.69, 9.17) is 27.9 Å². The molecule has 200 valence electrons. The van der Waals surface area contributed by atoms with Crippen LogP contribution >= 0.6 is 11.6 Å². The highest BCUT2D eigenvalue weighted by Crippen LogP contribution is 2.41. The van der Waals surface area contributed by atoms with Gasteiger partial charge in [0.15, 0.2) is 0 Å². The average molecular weight is 553 g/mol. The van der Waals surface area contributed by atoms with E-state index in [1.807, 2.05) is 10.7 Å². The van der Waals surface area contributed by atoms with E-state index < -0.39 is 10.0 Å². The summed E-state index contributed by atoms with van der Waals surface area (Å²) in [5.41, 5.74) is 8.67. The fourth-order valence-electron chi connectivity index (χ4n) is 5.25. The summed E-state index contributed by atoms with van der Waals surface area (Å²) in [7, 11) is -3.30. The third-order valence-corrected chi connectivity index (χ3v) is 8.95. The first-order valence-electron chi connectivity index (χ1n) is 13.0. The van der Waals surface area contributed by atoms with Crippen molar-refractivity contribution in [1.82, 2.24) is 19.0 Å². The van der Waals surface area contributed by atoms with Crippen molar-refractivity contribution in [2.24, 2.45) is 0 Å². The van der Waals surface area contributed by atoms with Gasteiger partial charge in [0.05, 0.1) is 25.2 Å². The first-order chi connectivity index (χ1) is 18.3.